The number of aliphatic hydroxyl groups excluding tert-OH is 1. The quantitative estimate of drug-likeness (QED) is 0.680. The topological polar surface area (TPSA) is 111 Å². The molecule has 0 aliphatic rings. The van der Waals surface area contributed by atoms with Gasteiger partial charge in [-0.3, -0.25) is 14.3 Å². The number of rotatable bonds is 8. The Balaban J connectivity index is 2.21. The number of nitrogens with one attached hydrogen (secondary N) is 1. The smallest absolute Gasteiger partial charge is 0.338 e. The molecular weight excluding hydrogens is 340 g/mol. The molecule has 0 saturated heterocycles. The Kier molecular flexibility index (Phi) is 6.88. The van der Waals surface area contributed by atoms with Crippen molar-refractivity contribution in [2.45, 2.75) is 38.7 Å². The van der Waals surface area contributed by atoms with Crippen molar-refractivity contribution < 1.29 is 19.4 Å². The number of ether oxygens (including phenoxy) is 2. The van der Waals surface area contributed by atoms with Gasteiger partial charge in [0.1, 0.15) is 6.61 Å². The second kappa shape index (κ2) is 9.12. The van der Waals surface area contributed by atoms with E-state index in [-0.39, 0.29) is 6.61 Å². The summed E-state index contributed by atoms with van der Waals surface area (Å²) in [6.07, 6.45) is -0.609. The van der Waals surface area contributed by atoms with E-state index in [1.165, 1.54) is 12.3 Å². The maximum atomic E-state index is 12.1. The predicted octanol–water partition coefficient (Wildman–Crippen LogP) is 1.07. The number of carbonyl (C=O) groups is 1. The van der Waals surface area contributed by atoms with Crippen LogP contribution in [0.5, 0.6) is 0 Å². The van der Waals surface area contributed by atoms with Gasteiger partial charge in [0.05, 0.1) is 17.8 Å². The average molecular weight is 362 g/mol. The molecule has 0 aliphatic carbocycles. The third-order valence-corrected chi connectivity index (χ3v) is 3.80. The lowest BCUT2D eigenvalue weighted by atomic mass is 10.2. The normalized spacial score (nSPS) is 14.4. The van der Waals surface area contributed by atoms with Crippen LogP contribution in [-0.4, -0.2) is 39.4 Å². The van der Waals surface area contributed by atoms with Crippen molar-refractivity contribution in [1.29, 1.82) is 0 Å². The van der Waals surface area contributed by atoms with Crippen molar-refractivity contribution in [3.05, 3.63) is 69.0 Å². The number of hydrogen-bond donors (Lipinski definition) is 2. The molecule has 0 radical (unpaired) electrons. The van der Waals surface area contributed by atoms with E-state index in [4.69, 9.17) is 9.47 Å². The van der Waals surface area contributed by atoms with Gasteiger partial charge >= 0.3 is 11.7 Å². The maximum Gasteiger partial charge on any atom is 0.338 e. The van der Waals surface area contributed by atoms with Gasteiger partial charge in [-0.15, -0.1) is 0 Å². The van der Waals surface area contributed by atoms with Crippen LogP contribution in [0.1, 0.15) is 36.9 Å². The molecule has 0 bridgehead atoms. The molecule has 0 saturated carbocycles. The second-order valence-corrected chi connectivity index (χ2v) is 5.76. The van der Waals surface area contributed by atoms with Crippen LogP contribution in [0.3, 0.4) is 0 Å². The van der Waals surface area contributed by atoms with Gasteiger partial charge in [-0.2, -0.15) is 0 Å². The van der Waals surface area contributed by atoms with E-state index in [1.807, 2.05) is 6.92 Å². The summed E-state index contributed by atoms with van der Waals surface area (Å²) < 4.78 is 12.1. The summed E-state index contributed by atoms with van der Waals surface area (Å²) in [4.78, 5) is 37.6. The summed E-state index contributed by atoms with van der Waals surface area (Å²) in [6, 6.07) is 9.57. The van der Waals surface area contributed by atoms with E-state index in [0.29, 0.717) is 12.0 Å². The molecule has 8 heteroatoms. The van der Waals surface area contributed by atoms with E-state index in [1.54, 1.807) is 37.3 Å². The molecular formula is C18H22N2O6. The van der Waals surface area contributed by atoms with Gasteiger partial charge in [-0.25, -0.2) is 9.59 Å². The average Bonchev–Trinajstić information content (AvgIpc) is 2.62. The first-order valence-corrected chi connectivity index (χ1v) is 8.29. The molecule has 1 heterocycles. The van der Waals surface area contributed by atoms with Crippen molar-refractivity contribution in [2.24, 2.45) is 0 Å². The zero-order valence-corrected chi connectivity index (χ0v) is 14.6. The van der Waals surface area contributed by atoms with E-state index >= 15 is 0 Å². The molecule has 2 rings (SSSR count). The van der Waals surface area contributed by atoms with Crippen LogP contribution in [0, 0.1) is 0 Å². The Morgan fingerprint density at radius 3 is 2.50 bits per heavy atom. The van der Waals surface area contributed by atoms with Crippen molar-refractivity contribution in [1.82, 2.24) is 9.55 Å². The zero-order valence-electron chi connectivity index (χ0n) is 14.6. The third-order valence-electron chi connectivity index (χ3n) is 3.80. The molecule has 140 valence electrons. The van der Waals surface area contributed by atoms with E-state index in [9.17, 15) is 19.5 Å². The van der Waals surface area contributed by atoms with E-state index < -0.39 is 35.7 Å². The third kappa shape index (κ3) is 5.14. The molecule has 2 aromatic rings. The van der Waals surface area contributed by atoms with Crippen LogP contribution in [0.4, 0.5) is 0 Å². The Bertz CT molecular complexity index is 827. The van der Waals surface area contributed by atoms with Crippen molar-refractivity contribution >= 4 is 5.97 Å². The molecule has 1 aromatic heterocycles. The van der Waals surface area contributed by atoms with Crippen molar-refractivity contribution in [2.75, 3.05) is 6.61 Å². The highest BCUT2D eigenvalue weighted by molar-refractivity contribution is 5.89. The molecule has 3 atom stereocenters. The number of hydrogen-bond acceptors (Lipinski definition) is 6. The van der Waals surface area contributed by atoms with Crippen LogP contribution < -0.4 is 11.2 Å². The van der Waals surface area contributed by atoms with Gasteiger partial charge in [0, 0.05) is 12.3 Å². The lowest BCUT2D eigenvalue weighted by Crippen LogP contribution is -2.38. The molecule has 0 fully saturated rings. The predicted molar refractivity (Wildman–Crippen MR) is 93.9 cm³/mol. The number of aromatic amines is 1. The Morgan fingerprint density at radius 2 is 1.92 bits per heavy atom. The monoisotopic (exact) mass is 362 g/mol. The summed E-state index contributed by atoms with van der Waals surface area (Å²) in [7, 11) is 0. The van der Waals surface area contributed by atoms with Crippen LogP contribution >= 0.6 is 0 Å². The summed E-state index contributed by atoms with van der Waals surface area (Å²) in [6.45, 7) is 3.12. The van der Waals surface area contributed by atoms with Gasteiger partial charge in [-0.1, -0.05) is 25.1 Å². The highest BCUT2D eigenvalue weighted by atomic mass is 16.6. The van der Waals surface area contributed by atoms with Gasteiger partial charge in [0.2, 0.25) is 0 Å². The van der Waals surface area contributed by atoms with Crippen molar-refractivity contribution in [3.8, 4) is 0 Å². The first-order chi connectivity index (χ1) is 12.4. The van der Waals surface area contributed by atoms with Gasteiger partial charge in [0.25, 0.3) is 5.56 Å². The molecule has 1 aromatic carbocycles. The molecule has 0 aliphatic heterocycles. The highest BCUT2D eigenvalue weighted by Crippen LogP contribution is 2.15. The Morgan fingerprint density at radius 1 is 1.23 bits per heavy atom. The van der Waals surface area contributed by atoms with Gasteiger partial charge in [-0.05, 0) is 25.5 Å². The fourth-order valence-electron chi connectivity index (χ4n) is 2.40. The number of aromatic nitrogens is 2. The number of aliphatic hydroxyl groups is 1. The fourth-order valence-corrected chi connectivity index (χ4v) is 2.40. The molecule has 8 nitrogen and oxygen atoms in total. The van der Waals surface area contributed by atoms with Crippen LogP contribution in [0.2, 0.25) is 0 Å². The minimum atomic E-state index is -0.994. The summed E-state index contributed by atoms with van der Waals surface area (Å²) in [5, 5.41) is 9.80. The largest absolute Gasteiger partial charge is 0.457 e. The number of esters is 1. The number of H-pyrrole nitrogens is 1. The zero-order chi connectivity index (χ0) is 19.1. The highest BCUT2D eigenvalue weighted by Gasteiger charge is 2.23. The first kappa shape index (κ1) is 19.6. The summed E-state index contributed by atoms with van der Waals surface area (Å²) in [5.74, 6) is -0.568. The SMILES string of the molecule is CCC(OC(COC(=O)c1ccccc1)n1ccc(=O)[nH]c1=O)[C@@H](C)O. The molecule has 2 N–H and O–H groups in total. The number of benzene rings is 1. The number of nitrogens with zero attached hydrogens (tertiary/aromatic N) is 1. The molecule has 26 heavy (non-hydrogen) atoms. The molecule has 0 amide bonds. The second-order valence-electron chi connectivity index (χ2n) is 5.76. The standard InChI is InChI=1S/C18H22N2O6/c1-3-14(12(2)21)26-16(20-10-9-15(22)19-18(20)24)11-25-17(23)13-7-5-4-6-8-13/h4-10,12,14,16,21H,3,11H2,1-2H3,(H,19,22,24)/t12-,14?,16?/m1/s1. The van der Waals surface area contributed by atoms with Crippen LogP contribution in [-0.2, 0) is 9.47 Å². The van der Waals surface area contributed by atoms with Gasteiger partial charge in [0.15, 0.2) is 6.23 Å². The minimum absolute atomic E-state index is 0.261. The lowest BCUT2D eigenvalue weighted by Gasteiger charge is -2.26. The summed E-state index contributed by atoms with van der Waals surface area (Å²) >= 11 is 0. The maximum absolute atomic E-state index is 12.1. The fraction of sp³-hybridized carbons (Fsp3) is 0.389. The van der Waals surface area contributed by atoms with Gasteiger partial charge < -0.3 is 14.6 Å². The van der Waals surface area contributed by atoms with Crippen molar-refractivity contribution in [3.63, 3.8) is 0 Å². The minimum Gasteiger partial charge on any atom is -0.457 e. The van der Waals surface area contributed by atoms with Crippen LogP contribution in [0.15, 0.2) is 52.2 Å². The Labute approximate surface area is 150 Å². The van der Waals surface area contributed by atoms with E-state index in [2.05, 4.69) is 4.98 Å². The Hall–Kier alpha value is -2.71. The van der Waals surface area contributed by atoms with E-state index in [0.717, 1.165) is 4.57 Å². The lowest BCUT2D eigenvalue weighted by molar-refractivity contribution is -0.122. The first-order valence-electron chi connectivity index (χ1n) is 8.29. The summed E-state index contributed by atoms with van der Waals surface area (Å²) in [5.41, 5.74) is -0.879. The molecule has 0 spiro atoms. The molecule has 2 unspecified atom stereocenters. The number of carbonyl (C=O) groups excluding carboxylic acids is 1. The van der Waals surface area contributed by atoms with Crippen LogP contribution in [0.25, 0.3) is 0 Å².